The normalized spacial score (nSPS) is 14.8. The quantitative estimate of drug-likeness (QED) is 0.0285. The number of amides is 1. The van der Waals surface area contributed by atoms with Crippen molar-refractivity contribution in [3.8, 4) is 0 Å². The highest BCUT2D eigenvalue weighted by atomic mass is 31.2. The number of hydrogen-bond donors (Lipinski definition) is 2. The van der Waals surface area contributed by atoms with Gasteiger partial charge in [0.25, 0.3) is 7.82 Å². The summed E-state index contributed by atoms with van der Waals surface area (Å²) in [5, 5.41) is 13.8. The standard InChI is InChI=1S/C41H81N2O6P/c1-6-8-10-12-14-16-17-18-19-20-21-22-23-24-25-27-29-31-33-35-41(45)42-39(38-49-50(46,47)48-37-36-43(3,4)5)40(44)34-32-30-28-26-15-13-11-9-7-2/h15,18-19,26,39-40,44H,6-14,16-17,20-25,27-38H2,1-5H3,(H-,42,45,46,47)/b19-18+,26-15+/t39-,40+/m0/s1. The van der Waals surface area contributed by atoms with Gasteiger partial charge in [0.1, 0.15) is 13.2 Å². The number of quaternary nitrogens is 1. The van der Waals surface area contributed by atoms with Gasteiger partial charge >= 0.3 is 0 Å². The van der Waals surface area contributed by atoms with E-state index in [4.69, 9.17) is 9.05 Å². The second kappa shape index (κ2) is 33.8. The summed E-state index contributed by atoms with van der Waals surface area (Å²) in [4.78, 5) is 25.2. The molecular weight excluding hydrogens is 647 g/mol. The van der Waals surface area contributed by atoms with E-state index in [9.17, 15) is 19.4 Å². The fourth-order valence-electron chi connectivity index (χ4n) is 5.79. The molecule has 0 radical (unpaired) electrons. The summed E-state index contributed by atoms with van der Waals surface area (Å²) in [7, 11) is 1.28. The van der Waals surface area contributed by atoms with Crippen LogP contribution in [0.4, 0.5) is 0 Å². The van der Waals surface area contributed by atoms with Crippen LogP contribution >= 0.6 is 7.82 Å². The van der Waals surface area contributed by atoms with Crippen LogP contribution in [0, 0.1) is 0 Å². The number of carbonyl (C=O) groups is 1. The zero-order valence-electron chi connectivity index (χ0n) is 33.4. The van der Waals surface area contributed by atoms with Gasteiger partial charge in [0, 0.05) is 6.42 Å². The predicted octanol–water partition coefficient (Wildman–Crippen LogP) is 10.3. The lowest BCUT2D eigenvalue weighted by molar-refractivity contribution is -0.870. The molecule has 50 heavy (non-hydrogen) atoms. The molecule has 0 aromatic rings. The van der Waals surface area contributed by atoms with E-state index in [0.29, 0.717) is 23.9 Å². The average Bonchev–Trinajstić information content (AvgIpc) is 3.06. The summed E-state index contributed by atoms with van der Waals surface area (Å²) in [5.41, 5.74) is 0. The second-order valence-corrected chi connectivity index (χ2v) is 16.7. The monoisotopic (exact) mass is 729 g/mol. The lowest BCUT2D eigenvalue weighted by atomic mass is 10.0. The number of allylic oxidation sites excluding steroid dienone is 4. The van der Waals surface area contributed by atoms with Gasteiger partial charge in [0.05, 0.1) is 39.9 Å². The summed E-state index contributed by atoms with van der Waals surface area (Å²) in [6, 6.07) is -0.813. The molecule has 2 N–H and O–H groups in total. The number of rotatable bonds is 37. The Morgan fingerprint density at radius 1 is 0.680 bits per heavy atom. The number of phosphoric ester groups is 1. The molecule has 0 saturated carbocycles. The van der Waals surface area contributed by atoms with E-state index in [-0.39, 0.29) is 19.1 Å². The Morgan fingerprint density at radius 3 is 1.60 bits per heavy atom. The van der Waals surface area contributed by atoms with Gasteiger partial charge in [0.2, 0.25) is 5.91 Å². The number of unbranched alkanes of at least 4 members (excludes halogenated alkanes) is 20. The van der Waals surface area contributed by atoms with Gasteiger partial charge < -0.3 is 28.8 Å². The Labute approximate surface area is 309 Å². The molecule has 1 unspecified atom stereocenters. The van der Waals surface area contributed by atoms with Crippen molar-refractivity contribution >= 4 is 13.7 Å². The third-order valence-electron chi connectivity index (χ3n) is 9.16. The molecule has 0 fully saturated rings. The average molecular weight is 729 g/mol. The first-order valence-electron chi connectivity index (χ1n) is 20.7. The number of aliphatic hydroxyl groups is 1. The molecular formula is C41H81N2O6P. The van der Waals surface area contributed by atoms with E-state index in [1.807, 2.05) is 21.1 Å². The maximum atomic E-state index is 12.8. The third kappa shape index (κ3) is 35.4. The smallest absolute Gasteiger partial charge is 0.268 e. The minimum atomic E-state index is -4.56. The molecule has 0 aromatic carbocycles. The van der Waals surface area contributed by atoms with Crippen molar-refractivity contribution in [2.75, 3.05) is 40.9 Å². The molecule has 0 aliphatic heterocycles. The first kappa shape index (κ1) is 49.0. The van der Waals surface area contributed by atoms with E-state index in [2.05, 4.69) is 43.5 Å². The zero-order valence-corrected chi connectivity index (χ0v) is 34.2. The molecule has 9 heteroatoms. The minimum Gasteiger partial charge on any atom is -0.756 e. The summed E-state index contributed by atoms with van der Waals surface area (Å²) in [6.45, 7) is 4.63. The van der Waals surface area contributed by atoms with Crippen LogP contribution in [0.15, 0.2) is 24.3 Å². The number of likely N-dealkylation sites (N-methyl/N-ethyl adjacent to an activating group) is 1. The molecule has 8 nitrogen and oxygen atoms in total. The number of nitrogens with one attached hydrogen (secondary N) is 1. The summed E-state index contributed by atoms with van der Waals surface area (Å²) in [6.07, 6.45) is 37.6. The molecule has 3 atom stereocenters. The van der Waals surface area contributed by atoms with Gasteiger partial charge in [0.15, 0.2) is 0 Å². The molecule has 0 spiro atoms. The fourth-order valence-corrected chi connectivity index (χ4v) is 6.51. The van der Waals surface area contributed by atoms with Crippen molar-refractivity contribution in [3.63, 3.8) is 0 Å². The van der Waals surface area contributed by atoms with Crippen LogP contribution < -0.4 is 10.2 Å². The van der Waals surface area contributed by atoms with Crippen LogP contribution in [0.3, 0.4) is 0 Å². The van der Waals surface area contributed by atoms with Crippen LogP contribution in [0.1, 0.15) is 181 Å². The number of carbonyl (C=O) groups excluding carboxylic acids is 1. The lowest BCUT2D eigenvalue weighted by Crippen LogP contribution is -2.46. The number of phosphoric acid groups is 1. The maximum Gasteiger partial charge on any atom is 0.268 e. The SMILES string of the molecule is CCCCC/C=C/CCCC[C@@H](O)[C@H](COP(=O)([O-])OCC[N+](C)(C)C)NC(=O)CCCCCCCCCCC/C=C/CCCCCCCC. The van der Waals surface area contributed by atoms with Crippen LogP contribution in [0.25, 0.3) is 0 Å². The summed E-state index contributed by atoms with van der Waals surface area (Å²) in [5.74, 6) is -0.180. The molecule has 0 aliphatic rings. The Balaban J connectivity index is 4.31. The van der Waals surface area contributed by atoms with Crippen molar-refractivity contribution < 1.29 is 32.9 Å². The Bertz CT molecular complexity index is 876. The van der Waals surface area contributed by atoms with Crippen LogP contribution in [-0.4, -0.2) is 68.5 Å². The van der Waals surface area contributed by atoms with Gasteiger partial charge in [-0.25, -0.2) is 0 Å². The predicted molar refractivity (Wildman–Crippen MR) is 210 cm³/mol. The Hall–Kier alpha value is -1.02. The van der Waals surface area contributed by atoms with Crippen LogP contribution in [0.5, 0.6) is 0 Å². The summed E-state index contributed by atoms with van der Waals surface area (Å²) < 4.78 is 23.1. The maximum absolute atomic E-state index is 12.8. The molecule has 0 heterocycles. The number of nitrogens with zero attached hydrogens (tertiary/aromatic N) is 1. The van der Waals surface area contributed by atoms with E-state index in [1.165, 1.54) is 109 Å². The molecule has 0 bridgehead atoms. The zero-order chi connectivity index (χ0) is 37.2. The number of aliphatic hydroxyl groups excluding tert-OH is 1. The first-order valence-corrected chi connectivity index (χ1v) is 22.1. The molecule has 0 saturated heterocycles. The highest BCUT2D eigenvalue weighted by Crippen LogP contribution is 2.38. The van der Waals surface area contributed by atoms with Gasteiger partial charge in [-0.05, 0) is 64.2 Å². The molecule has 0 aromatic heterocycles. The number of hydrogen-bond acceptors (Lipinski definition) is 6. The lowest BCUT2D eigenvalue weighted by Gasteiger charge is -2.30. The van der Waals surface area contributed by atoms with E-state index < -0.39 is 20.0 Å². The molecule has 1 amide bonds. The topological polar surface area (TPSA) is 108 Å². The van der Waals surface area contributed by atoms with Crippen LogP contribution in [-0.2, 0) is 18.4 Å². The van der Waals surface area contributed by atoms with E-state index >= 15 is 0 Å². The van der Waals surface area contributed by atoms with Crippen molar-refractivity contribution in [3.05, 3.63) is 24.3 Å². The highest BCUT2D eigenvalue weighted by molar-refractivity contribution is 7.45. The van der Waals surface area contributed by atoms with Gasteiger partial charge in [-0.1, -0.05) is 134 Å². The third-order valence-corrected chi connectivity index (χ3v) is 10.1. The van der Waals surface area contributed by atoms with Crippen molar-refractivity contribution in [2.45, 2.75) is 193 Å². The highest BCUT2D eigenvalue weighted by Gasteiger charge is 2.24. The van der Waals surface area contributed by atoms with E-state index in [1.54, 1.807) is 0 Å². The first-order chi connectivity index (χ1) is 24.0. The molecule has 0 rings (SSSR count). The Kier molecular flexibility index (Phi) is 33.1. The van der Waals surface area contributed by atoms with Gasteiger partial charge in [-0.15, -0.1) is 0 Å². The van der Waals surface area contributed by atoms with Crippen LogP contribution in [0.2, 0.25) is 0 Å². The Morgan fingerprint density at radius 2 is 1.10 bits per heavy atom. The van der Waals surface area contributed by atoms with Gasteiger partial charge in [-0.2, -0.15) is 0 Å². The largest absolute Gasteiger partial charge is 0.756 e. The second-order valence-electron chi connectivity index (χ2n) is 15.3. The van der Waals surface area contributed by atoms with Gasteiger partial charge in [-0.3, -0.25) is 9.36 Å². The fraction of sp³-hybridized carbons (Fsp3) is 0.878. The summed E-state index contributed by atoms with van der Waals surface area (Å²) >= 11 is 0. The molecule has 0 aliphatic carbocycles. The molecule has 296 valence electrons. The van der Waals surface area contributed by atoms with Crippen molar-refractivity contribution in [1.82, 2.24) is 5.32 Å². The minimum absolute atomic E-state index is 0.00676. The van der Waals surface area contributed by atoms with E-state index in [0.717, 1.165) is 44.9 Å². The van der Waals surface area contributed by atoms with Crippen molar-refractivity contribution in [2.24, 2.45) is 0 Å². The van der Waals surface area contributed by atoms with Crippen molar-refractivity contribution in [1.29, 1.82) is 0 Å².